The summed E-state index contributed by atoms with van der Waals surface area (Å²) in [5, 5.41) is 9.42. The highest BCUT2D eigenvalue weighted by Gasteiger charge is 2.34. The summed E-state index contributed by atoms with van der Waals surface area (Å²) in [4.78, 5) is 34.7. The van der Waals surface area contributed by atoms with Gasteiger partial charge in [0.25, 0.3) is 5.56 Å². The van der Waals surface area contributed by atoms with E-state index in [-0.39, 0.29) is 11.2 Å². The van der Waals surface area contributed by atoms with E-state index < -0.39 is 17.8 Å². The molecule has 0 saturated carbocycles. The molecule has 35 heavy (non-hydrogen) atoms. The van der Waals surface area contributed by atoms with E-state index in [4.69, 9.17) is 0 Å². The monoisotopic (exact) mass is 520 g/mol. The van der Waals surface area contributed by atoms with Gasteiger partial charge in [0.05, 0.1) is 21.8 Å². The molecule has 2 amide bonds. The zero-order valence-electron chi connectivity index (χ0n) is 18.2. The van der Waals surface area contributed by atoms with Crippen LogP contribution >= 0.6 is 22.7 Å². The van der Waals surface area contributed by atoms with Crippen molar-refractivity contribution in [2.24, 2.45) is 0 Å². The van der Waals surface area contributed by atoms with E-state index in [9.17, 15) is 22.8 Å². The van der Waals surface area contributed by atoms with Crippen LogP contribution in [0.1, 0.15) is 11.3 Å². The highest BCUT2D eigenvalue weighted by Crippen LogP contribution is 2.34. The maximum absolute atomic E-state index is 13.2. The predicted molar refractivity (Wildman–Crippen MR) is 128 cm³/mol. The maximum Gasteiger partial charge on any atom is 0.418 e. The van der Waals surface area contributed by atoms with Gasteiger partial charge in [-0.2, -0.15) is 22.8 Å². The number of nitrogens with one attached hydrogen (secondary N) is 1. The number of hydrogen-bond donors (Lipinski definition) is 1. The van der Waals surface area contributed by atoms with Crippen LogP contribution in [0.15, 0.2) is 52.6 Å². The number of hydrogen-bond acceptors (Lipinski definition) is 7. The Balaban J connectivity index is 1.22. The van der Waals surface area contributed by atoms with E-state index in [1.54, 1.807) is 0 Å². The van der Waals surface area contributed by atoms with Crippen LogP contribution < -0.4 is 10.9 Å². The molecule has 4 aromatic rings. The van der Waals surface area contributed by atoms with Gasteiger partial charge in [0.1, 0.15) is 0 Å². The van der Waals surface area contributed by atoms with Crippen LogP contribution in [0.4, 0.5) is 23.7 Å². The van der Waals surface area contributed by atoms with E-state index in [1.807, 2.05) is 22.4 Å². The molecule has 1 fully saturated rings. The van der Waals surface area contributed by atoms with Crippen LogP contribution in [-0.4, -0.2) is 56.6 Å². The number of carbonyl (C=O) groups excluding carboxylic acids is 1. The zero-order chi connectivity index (χ0) is 24.6. The maximum atomic E-state index is 13.2. The average molecular weight is 521 g/mol. The second-order valence-corrected chi connectivity index (χ2v) is 9.80. The number of benzene rings is 1. The first-order chi connectivity index (χ1) is 16.8. The van der Waals surface area contributed by atoms with Gasteiger partial charge >= 0.3 is 12.2 Å². The van der Waals surface area contributed by atoms with Gasteiger partial charge in [0.2, 0.25) is 4.96 Å². The smallest absolute Gasteiger partial charge is 0.322 e. The number of anilines is 1. The third-order valence-electron chi connectivity index (χ3n) is 5.55. The van der Waals surface area contributed by atoms with E-state index >= 15 is 0 Å². The van der Waals surface area contributed by atoms with Crippen molar-refractivity contribution < 1.29 is 18.0 Å². The van der Waals surface area contributed by atoms with Crippen molar-refractivity contribution in [3.05, 3.63) is 69.5 Å². The Morgan fingerprint density at radius 3 is 2.57 bits per heavy atom. The van der Waals surface area contributed by atoms with Crippen molar-refractivity contribution >= 4 is 39.4 Å². The first-order valence-electron chi connectivity index (χ1n) is 10.7. The molecule has 0 spiro atoms. The summed E-state index contributed by atoms with van der Waals surface area (Å²) in [6.07, 6.45) is -4.56. The van der Waals surface area contributed by atoms with Crippen molar-refractivity contribution in [1.82, 2.24) is 24.4 Å². The lowest BCUT2D eigenvalue weighted by molar-refractivity contribution is -0.136. The summed E-state index contributed by atoms with van der Waals surface area (Å²) < 4.78 is 40.9. The lowest BCUT2D eigenvalue weighted by Crippen LogP contribution is -2.49. The molecular weight excluding hydrogens is 501 g/mol. The number of thiophene rings is 1. The summed E-state index contributed by atoms with van der Waals surface area (Å²) in [6, 6.07) is 9.63. The molecule has 8 nitrogen and oxygen atoms in total. The van der Waals surface area contributed by atoms with Crippen molar-refractivity contribution in [3.63, 3.8) is 0 Å². The molecule has 1 aliphatic heterocycles. The fourth-order valence-electron chi connectivity index (χ4n) is 3.81. The van der Waals surface area contributed by atoms with Crippen LogP contribution in [0.5, 0.6) is 0 Å². The molecule has 5 rings (SSSR count). The summed E-state index contributed by atoms with van der Waals surface area (Å²) in [7, 11) is 0. The molecule has 1 aliphatic rings. The van der Waals surface area contributed by atoms with E-state index in [0.29, 0.717) is 43.4 Å². The van der Waals surface area contributed by atoms with Crippen molar-refractivity contribution in [2.75, 3.05) is 31.5 Å². The fraction of sp³-hybridized carbons (Fsp3) is 0.273. The van der Waals surface area contributed by atoms with Crippen LogP contribution in [0.25, 0.3) is 14.8 Å². The Morgan fingerprint density at radius 2 is 1.86 bits per heavy atom. The number of halogens is 3. The van der Waals surface area contributed by atoms with Crippen molar-refractivity contribution in [3.8, 4) is 9.88 Å². The summed E-state index contributed by atoms with van der Waals surface area (Å²) in [5.74, 6) is 0. The number of nitrogens with zero attached hydrogens (tertiary/aromatic N) is 5. The lowest BCUT2D eigenvalue weighted by Gasteiger charge is -2.34. The highest BCUT2D eigenvalue weighted by atomic mass is 32.1. The highest BCUT2D eigenvalue weighted by molar-refractivity contribution is 7.23. The number of aromatic nitrogens is 3. The van der Waals surface area contributed by atoms with Gasteiger partial charge in [-0.3, -0.25) is 9.69 Å². The Kier molecular flexibility index (Phi) is 6.30. The molecule has 0 unspecified atom stereocenters. The minimum atomic E-state index is -4.56. The van der Waals surface area contributed by atoms with Gasteiger partial charge in [0.15, 0.2) is 5.01 Å². The van der Waals surface area contributed by atoms with Crippen LogP contribution in [0, 0.1) is 0 Å². The molecule has 0 bridgehead atoms. The molecule has 1 N–H and O–H groups in total. The zero-order valence-corrected chi connectivity index (χ0v) is 19.8. The molecule has 182 valence electrons. The molecule has 4 heterocycles. The van der Waals surface area contributed by atoms with Gasteiger partial charge < -0.3 is 10.2 Å². The normalized spacial score (nSPS) is 15.0. The summed E-state index contributed by atoms with van der Waals surface area (Å²) >= 11 is 2.88. The molecule has 1 aromatic carbocycles. The number of alkyl halides is 3. The van der Waals surface area contributed by atoms with Crippen molar-refractivity contribution in [2.45, 2.75) is 12.7 Å². The van der Waals surface area contributed by atoms with Crippen molar-refractivity contribution in [1.29, 1.82) is 0 Å². The second kappa shape index (κ2) is 9.40. The number of amides is 2. The summed E-state index contributed by atoms with van der Waals surface area (Å²) in [6.45, 7) is 2.09. The number of rotatable bonds is 4. The third-order valence-corrected chi connectivity index (χ3v) is 7.50. The van der Waals surface area contributed by atoms with Gasteiger partial charge in [-0.15, -0.1) is 11.3 Å². The average Bonchev–Trinajstić information content (AvgIpc) is 3.49. The molecular formula is C22H19F3N6O2S2. The van der Waals surface area contributed by atoms with Gasteiger partial charge in [0, 0.05) is 38.8 Å². The standard InChI is InChI=1S/C22H19F3N6O2S2/c23-22(24,25)15-4-1-2-5-16(15)27-20(33)30-9-7-29(8-10-30)13-14-12-18(32)31-21(26-14)35-19(28-31)17-6-3-11-34-17/h1-6,11-12H,7-10,13H2,(H,27,33). The molecule has 3 aromatic heterocycles. The topological polar surface area (TPSA) is 82.8 Å². The number of urea groups is 1. The fourth-order valence-corrected chi connectivity index (χ4v) is 5.52. The first kappa shape index (κ1) is 23.5. The second-order valence-electron chi connectivity index (χ2n) is 7.90. The Morgan fingerprint density at radius 1 is 1.09 bits per heavy atom. The predicted octanol–water partition coefficient (Wildman–Crippen LogP) is 4.25. The Bertz CT molecular complexity index is 1410. The van der Waals surface area contributed by atoms with E-state index in [0.717, 1.165) is 16.0 Å². The minimum absolute atomic E-state index is 0.259. The third kappa shape index (κ3) is 5.06. The quantitative estimate of drug-likeness (QED) is 0.435. The van der Waals surface area contributed by atoms with Gasteiger partial charge in [-0.05, 0) is 23.6 Å². The number of fused-ring (bicyclic) bond motifs is 1. The molecule has 0 atom stereocenters. The van der Waals surface area contributed by atoms with Crippen LogP contribution in [0.3, 0.4) is 0 Å². The minimum Gasteiger partial charge on any atom is -0.322 e. The van der Waals surface area contributed by atoms with E-state index in [2.05, 4.69) is 15.4 Å². The van der Waals surface area contributed by atoms with Crippen LogP contribution in [0.2, 0.25) is 0 Å². The van der Waals surface area contributed by atoms with Gasteiger partial charge in [-0.1, -0.05) is 29.5 Å². The SMILES string of the molecule is O=C(Nc1ccccc1C(F)(F)F)N1CCN(Cc2cc(=O)n3nc(-c4cccs4)sc3n2)CC1. The Labute approximate surface area is 205 Å². The van der Waals surface area contributed by atoms with E-state index in [1.165, 1.54) is 56.4 Å². The lowest BCUT2D eigenvalue weighted by atomic mass is 10.1. The molecule has 0 aliphatic carbocycles. The first-order valence-corrected chi connectivity index (χ1v) is 12.4. The number of para-hydroxylation sites is 1. The number of carbonyl (C=O) groups is 1. The molecule has 1 saturated heterocycles. The largest absolute Gasteiger partial charge is 0.418 e. The Hall–Kier alpha value is -3.29. The molecule has 0 radical (unpaired) electrons. The molecule has 13 heteroatoms. The van der Waals surface area contributed by atoms with Crippen LogP contribution in [-0.2, 0) is 12.7 Å². The van der Waals surface area contributed by atoms with Gasteiger partial charge in [-0.25, -0.2) is 9.78 Å². The number of piperazine rings is 1. The summed E-state index contributed by atoms with van der Waals surface area (Å²) in [5.41, 5.74) is -0.805.